The summed E-state index contributed by atoms with van der Waals surface area (Å²) in [5.74, 6) is -0.865. The van der Waals surface area contributed by atoms with Gasteiger partial charge in [0, 0.05) is 29.8 Å². The summed E-state index contributed by atoms with van der Waals surface area (Å²) < 4.78 is 34.3. The number of piperidine rings is 1. The lowest BCUT2D eigenvalue weighted by Gasteiger charge is -2.43. The molecule has 5 rings (SSSR count). The molecule has 10 heteroatoms. The van der Waals surface area contributed by atoms with Gasteiger partial charge in [-0.3, -0.25) is 4.79 Å². The number of nitrogens with one attached hydrogen (secondary N) is 2. The van der Waals surface area contributed by atoms with Crippen LogP contribution in [0.25, 0.3) is 0 Å². The second kappa shape index (κ2) is 6.88. The van der Waals surface area contributed by atoms with E-state index in [1.165, 1.54) is 7.11 Å². The molecule has 0 spiro atoms. The van der Waals surface area contributed by atoms with Crippen molar-refractivity contribution in [3.05, 3.63) is 29.3 Å². The van der Waals surface area contributed by atoms with Gasteiger partial charge in [0.2, 0.25) is 5.91 Å². The molecule has 2 N–H and O–H groups in total. The minimum Gasteiger partial charge on any atom is -0.497 e. The van der Waals surface area contributed by atoms with Crippen LogP contribution in [-0.4, -0.2) is 51.8 Å². The van der Waals surface area contributed by atoms with Gasteiger partial charge in [0.15, 0.2) is 0 Å². The zero-order valence-electron chi connectivity index (χ0n) is 16.9. The number of hydrogen-bond donors (Lipinski definition) is 2. The molecular weight excluding hydrogens is 394 g/mol. The number of carbonyl (C=O) groups excluding carboxylic acids is 1. The van der Waals surface area contributed by atoms with Crippen molar-refractivity contribution in [2.75, 3.05) is 12.0 Å². The highest BCUT2D eigenvalue weighted by molar-refractivity contribution is 5.91. The van der Waals surface area contributed by atoms with Gasteiger partial charge in [-0.15, -0.1) is 5.10 Å². The van der Waals surface area contributed by atoms with Crippen LogP contribution in [0.15, 0.2) is 12.1 Å². The van der Waals surface area contributed by atoms with Crippen LogP contribution in [-0.2, 0) is 10.2 Å². The number of amides is 1. The maximum atomic E-state index is 14.7. The van der Waals surface area contributed by atoms with Crippen molar-refractivity contribution in [1.29, 1.82) is 0 Å². The number of H-pyrrole nitrogens is 1. The van der Waals surface area contributed by atoms with E-state index in [1.807, 2.05) is 0 Å². The number of rotatable bonds is 5. The first kappa shape index (κ1) is 19.2. The fourth-order valence-electron chi connectivity index (χ4n) is 5.40. The summed E-state index contributed by atoms with van der Waals surface area (Å²) in [6.45, 7) is 2.15. The Kier molecular flexibility index (Phi) is 4.41. The first-order valence-corrected chi connectivity index (χ1v) is 10.3. The largest absolute Gasteiger partial charge is 0.497 e. The quantitative estimate of drug-likeness (QED) is 0.772. The maximum absolute atomic E-state index is 14.7. The lowest BCUT2D eigenvalue weighted by molar-refractivity contribution is -0.124. The van der Waals surface area contributed by atoms with Gasteiger partial charge in [-0.2, -0.15) is 5.21 Å². The fraction of sp³-hybridized carbons (Fsp3) is 0.600. The van der Waals surface area contributed by atoms with Gasteiger partial charge in [-0.1, -0.05) is 12.0 Å². The molecule has 0 radical (unpaired) electrons. The second-order valence-corrected chi connectivity index (χ2v) is 8.67. The summed E-state index contributed by atoms with van der Waals surface area (Å²) >= 11 is 0. The van der Waals surface area contributed by atoms with Crippen LogP contribution in [0.1, 0.15) is 44.6 Å². The van der Waals surface area contributed by atoms with Gasteiger partial charge in [0.25, 0.3) is 5.95 Å². The van der Waals surface area contributed by atoms with E-state index in [9.17, 15) is 13.6 Å². The van der Waals surface area contributed by atoms with Crippen molar-refractivity contribution < 1.29 is 18.3 Å². The van der Waals surface area contributed by atoms with Gasteiger partial charge < -0.3 is 15.0 Å². The predicted molar refractivity (Wildman–Crippen MR) is 103 cm³/mol. The number of aromatic nitrogens is 4. The van der Waals surface area contributed by atoms with Crippen LogP contribution >= 0.6 is 0 Å². The summed E-state index contributed by atoms with van der Waals surface area (Å²) in [6.07, 6.45) is 3.53. The monoisotopic (exact) mass is 418 g/mol. The molecule has 1 aromatic heterocycles. The Bertz CT molecular complexity index is 941. The number of anilines is 1. The molecule has 1 saturated carbocycles. The summed E-state index contributed by atoms with van der Waals surface area (Å²) in [7, 11) is 1.35. The highest BCUT2D eigenvalue weighted by Gasteiger charge is 2.56. The number of fused-ring (bicyclic) bond motifs is 2. The SMILES string of the molecule is COc1cc(F)c(C2(C(=O)N[C@@H]3C[C@@H](C)[C@@H]4CC[C@H]3N4c3nn[nH]n3)CC2)c(F)c1. The third kappa shape index (κ3) is 2.84. The van der Waals surface area contributed by atoms with Gasteiger partial charge in [0.05, 0.1) is 18.6 Å². The molecule has 1 aromatic carbocycles. The molecule has 160 valence electrons. The molecule has 2 aromatic rings. The topological polar surface area (TPSA) is 96.0 Å². The van der Waals surface area contributed by atoms with Crippen LogP contribution in [0.3, 0.4) is 0 Å². The molecule has 2 saturated heterocycles. The Morgan fingerprint density at radius 3 is 2.57 bits per heavy atom. The summed E-state index contributed by atoms with van der Waals surface area (Å²) in [5.41, 5.74) is -1.32. The van der Waals surface area contributed by atoms with Gasteiger partial charge in [-0.05, 0) is 43.2 Å². The molecule has 2 aliphatic heterocycles. The molecule has 2 bridgehead atoms. The van der Waals surface area contributed by atoms with Crippen molar-refractivity contribution in [2.24, 2.45) is 5.92 Å². The maximum Gasteiger partial charge on any atom is 0.266 e. The molecule has 30 heavy (non-hydrogen) atoms. The molecule has 8 nitrogen and oxygen atoms in total. The first-order valence-electron chi connectivity index (χ1n) is 10.3. The molecule has 3 heterocycles. The zero-order chi connectivity index (χ0) is 21.0. The second-order valence-electron chi connectivity index (χ2n) is 8.67. The number of methoxy groups -OCH3 is 1. The first-order chi connectivity index (χ1) is 14.4. The van der Waals surface area contributed by atoms with Gasteiger partial charge in [-0.25, -0.2) is 8.78 Å². The third-order valence-electron chi connectivity index (χ3n) is 7.02. The van der Waals surface area contributed by atoms with Crippen LogP contribution in [0, 0.1) is 17.6 Å². The Hall–Kier alpha value is -2.78. The predicted octanol–water partition coefficient (Wildman–Crippen LogP) is 2.08. The number of carbonyl (C=O) groups is 1. The average molecular weight is 418 g/mol. The number of halogens is 2. The number of nitrogens with zero attached hydrogens (tertiary/aromatic N) is 4. The van der Waals surface area contributed by atoms with E-state index < -0.39 is 17.0 Å². The lowest BCUT2D eigenvalue weighted by Crippen LogP contribution is -2.58. The Balaban J connectivity index is 1.40. The van der Waals surface area contributed by atoms with E-state index in [4.69, 9.17) is 4.74 Å². The van der Waals surface area contributed by atoms with Crippen molar-refractivity contribution in [2.45, 2.75) is 62.6 Å². The molecule has 1 amide bonds. The highest BCUT2D eigenvalue weighted by Crippen LogP contribution is 2.51. The van der Waals surface area contributed by atoms with E-state index >= 15 is 0 Å². The zero-order valence-corrected chi connectivity index (χ0v) is 16.9. The molecule has 4 atom stereocenters. The van der Waals surface area contributed by atoms with Crippen LogP contribution < -0.4 is 15.0 Å². The molecule has 0 unspecified atom stereocenters. The Morgan fingerprint density at radius 2 is 1.97 bits per heavy atom. The third-order valence-corrected chi connectivity index (χ3v) is 7.02. The summed E-state index contributed by atoms with van der Waals surface area (Å²) in [6, 6.07) is 2.45. The average Bonchev–Trinajstić information content (AvgIpc) is 3.16. The normalized spacial score (nSPS) is 29.0. The number of hydrogen-bond acceptors (Lipinski definition) is 6. The smallest absolute Gasteiger partial charge is 0.266 e. The highest BCUT2D eigenvalue weighted by atomic mass is 19.1. The number of benzene rings is 1. The number of aromatic amines is 1. The van der Waals surface area contributed by atoms with Crippen molar-refractivity contribution in [3.63, 3.8) is 0 Å². The Labute approximate surface area is 172 Å². The molecule has 3 fully saturated rings. The summed E-state index contributed by atoms with van der Waals surface area (Å²) in [5, 5.41) is 17.5. The van der Waals surface area contributed by atoms with Gasteiger partial charge in [0.1, 0.15) is 17.4 Å². The minimum absolute atomic E-state index is 0.0362. The van der Waals surface area contributed by atoms with E-state index in [1.54, 1.807) is 0 Å². The van der Waals surface area contributed by atoms with Crippen molar-refractivity contribution in [1.82, 2.24) is 25.9 Å². The molecular formula is C20H24F2N6O2. The molecule has 1 aliphatic carbocycles. The van der Waals surface area contributed by atoms with Crippen LogP contribution in [0.4, 0.5) is 14.7 Å². The van der Waals surface area contributed by atoms with E-state index in [2.05, 4.69) is 37.8 Å². The van der Waals surface area contributed by atoms with Gasteiger partial charge >= 0.3 is 0 Å². The Morgan fingerprint density at radius 1 is 1.27 bits per heavy atom. The summed E-state index contributed by atoms with van der Waals surface area (Å²) in [4.78, 5) is 15.4. The van der Waals surface area contributed by atoms with Crippen LogP contribution in [0.5, 0.6) is 5.75 Å². The number of tetrazole rings is 1. The number of ether oxygens (including phenoxy) is 1. The van der Waals surface area contributed by atoms with E-state index in [-0.39, 0.29) is 29.3 Å². The van der Waals surface area contributed by atoms with Crippen LogP contribution in [0.2, 0.25) is 0 Å². The van der Waals surface area contributed by atoms with E-state index in [0.717, 1.165) is 31.4 Å². The van der Waals surface area contributed by atoms with E-state index in [0.29, 0.717) is 30.7 Å². The fourth-order valence-corrected chi connectivity index (χ4v) is 5.40. The molecule has 3 aliphatic rings. The standard InChI is InChI=1S/C20H24F2N6O2/c1-10-7-14(16-4-3-15(10)28(16)19-24-26-27-25-19)23-18(29)20(5-6-20)17-12(21)8-11(30-2)9-13(17)22/h8-10,14-16H,3-7H2,1-2H3,(H,23,29)(H,24,25,26,27)/t10-,14-,15+,16-/m1/s1. The van der Waals surface area contributed by atoms with Crippen molar-refractivity contribution in [3.8, 4) is 5.75 Å². The lowest BCUT2D eigenvalue weighted by atomic mass is 9.87. The van der Waals surface area contributed by atoms with Crippen molar-refractivity contribution >= 4 is 11.9 Å². The minimum atomic E-state index is -1.16.